The second-order valence-corrected chi connectivity index (χ2v) is 5.33. The summed E-state index contributed by atoms with van der Waals surface area (Å²) in [6.07, 6.45) is 0. The second kappa shape index (κ2) is 5.42. The number of rotatable bonds is 5. The zero-order chi connectivity index (χ0) is 13.9. The Labute approximate surface area is 103 Å². The van der Waals surface area contributed by atoms with E-state index in [0.29, 0.717) is 6.07 Å². The van der Waals surface area contributed by atoms with Crippen LogP contribution < -0.4 is 4.72 Å². The van der Waals surface area contributed by atoms with Gasteiger partial charge in [0.05, 0.1) is 17.1 Å². The number of aromatic carboxylic acids is 1. The molecule has 1 atom stereocenters. The van der Waals surface area contributed by atoms with Gasteiger partial charge in [-0.05, 0) is 25.1 Å². The molecule has 0 bridgehead atoms. The summed E-state index contributed by atoms with van der Waals surface area (Å²) in [6.45, 7) is 0.925. The normalized spacial score (nSPS) is 13.3. The fraction of sp³-hybridized carbons (Fsp3) is 0.300. The van der Waals surface area contributed by atoms with Crippen LogP contribution in [0.15, 0.2) is 23.1 Å². The molecule has 0 amide bonds. The topological polar surface area (TPSA) is 104 Å². The first-order valence-electron chi connectivity index (χ1n) is 4.94. The van der Waals surface area contributed by atoms with E-state index in [0.717, 1.165) is 12.1 Å². The summed E-state index contributed by atoms with van der Waals surface area (Å²) < 4.78 is 38.7. The fourth-order valence-corrected chi connectivity index (χ4v) is 2.70. The summed E-state index contributed by atoms with van der Waals surface area (Å²) >= 11 is 0. The van der Waals surface area contributed by atoms with Gasteiger partial charge in [-0.15, -0.1) is 0 Å². The van der Waals surface area contributed by atoms with Crippen molar-refractivity contribution in [2.75, 3.05) is 6.61 Å². The number of carbonyl (C=O) groups is 1. The number of carboxylic acids is 1. The van der Waals surface area contributed by atoms with Crippen molar-refractivity contribution in [2.24, 2.45) is 0 Å². The van der Waals surface area contributed by atoms with Gasteiger partial charge in [-0.3, -0.25) is 0 Å². The molecule has 6 nitrogen and oxygen atoms in total. The van der Waals surface area contributed by atoms with Crippen LogP contribution in [0.2, 0.25) is 0 Å². The fourth-order valence-electron chi connectivity index (χ4n) is 1.26. The molecule has 0 saturated heterocycles. The molecule has 0 unspecified atom stereocenters. The van der Waals surface area contributed by atoms with Crippen LogP contribution in [0.3, 0.4) is 0 Å². The van der Waals surface area contributed by atoms with Gasteiger partial charge in [0, 0.05) is 6.04 Å². The molecule has 8 heteroatoms. The standard InChI is InChI=1S/C10H12FNO5S/c1-6(5-13)12-18(16,17)9-4-7(11)2-3-8(9)10(14)15/h2-4,6,12-13H,5H2,1H3,(H,14,15)/t6-/m0/s1. The van der Waals surface area contributed by atoms with Gasteiger partial charge in [0.2, 0.25) is 10.0 Å². The lowest BCUT2D eigenvalue weighted by molar-refractivity contribution is 0.0692. The van der Waals surface area contributed by atoms with E-state index in [1.165, 1.54) is 6.92 Å². The lowest BCUT2D eigenvalue weighted by Crippen LogP contribution is -2.35. The number of nitrogens with one attached hydrogen (secondary N) is 1. The SMILES string of the molecule is C[C@@H](CO)NS(=O)(=O)c1cc(F)ccc1C(=O)O. The Kier molecular flexibility index (Phi) is 4.38. The van der Waals surface area contributed by atoms with Gasteiger partial charge in [-0.2, -0.15) is 0 Å². The van der Waals surface area contributed by atoms with Crippen molar-refractivity contribution >= 4 is 16.0 Å². The monoisotopic (exact) mass is 277 g/mol. The number of sulfonamides is 1. The molecule has 0 aliphatic heterocycles. The van der Waals surface area contributed by atoms with Crippen LogP contribution in [0, 0.1) is 5.82 Å². The molecule has 18 heavy (non-hydrogen) atoms. The highest BCUT2D eigenvalue weighted by Gasteiger charge is 2.24. The summed E-state index contributed by atoms with van der Waals surface area (Å²) in [5.41, 5.74) is -0.533. The van der Waals surface area contributed by atoms with Gasteiger partial charge in [0.25, 0.3) is 0 Å². The minimum Gasteiger partial charge on any atom is -0.478 e. The number of carboxylic acid groups (broad SMARTS) is 1. The third-order valence-electron chi connectivity index (χ3n) is 2.09. The van der Waals surface area contributed by atoms with Crippen LogP contribution in [0.5, 0.6) is 0 Å². The molecule has 1 aromatic rings. The van der Waals surface area contributed by atoms with E-state index >= 15 is 0 Å². The van der Waals surface area contributed by atoms with Gasteiger partial charge >= 0.3 is 5.97 Å². The van der Waals surface area contributed by atoms with Gasteiger partial charge < -0.3 is 10.2 Å². The number of hydrogen-bond acceptors (Lipinski definition) is 4. The first-order chi connectivity index (χ1) is 8.27. The van der Waals surface area contributed by atoms with E-state index in [1.807, 2.05) is 4.72 Å². The molecule has 1 aromatic carbocycles. The highest BCUT2D eigenvalue weighted by Crippen LogP contribution is 2.17. The number of halogens is 1. The largest absolute Gasteiger partial charge is 0.478 e. The zero-order valence-electron chi connectivity index (χ0n) is 9.42. The van der Waals surface area contributed by atoms with Crippen LogP contribution in [0.1, 0.15) is 17.3 Å². The van der Waals surface area contributed by atoms with E-state index < -0.39 is 44.9 Å². The van der Waals surface area contributed by atoms with E-state index in [-0.39, 0.29) is 0 Å². The van der Waals surface area contributed by atoms with Crippen LogP contribution in [0.4, 0.5) is 4.39 Å². The summed E-state index contributed by atoms with van der Waals surface area (Å²) in [4.78, 5) is 10.2. The first kappa shape index (κ1) is 14.6. The minimum absolute atomic E-state index is 0.461. The average Bonchev–Trinajstić information content (AvgIpc) is 2.27. The van der Waals surface area contributed by atoms with E-state index in [2.05, 4.69) is 0 Å². The van der Waals surface area contributed by atoms with Crippen LogP contribution in [-0.2, 0) is 10.0 Å². The Balaban J connectivity index is 3.30. The molecule has 1 rings (SSSR count). The van der Waals surface area contributed by atoms with Gasteiger partial charge in [-0.25, -0.2) is 22.3 Å². The Morgan fingerprint density at radius 3 is 2.61 bits per heavy atom. The predicted molar refractivity (Wildman–Crippen MR) is 60.2 cm³/mol. The predicted octanol–water partition coefficient (Wildman–Crippen LogP) is 0.183. The Hall–Kier alpha value is -1.51. The third-order valence-corrected chi connectivity index (χ3v) is 3.72. The summed E-state index contributed by atoms with van der Waals surface area (Å²) in [5, 5.41) is 17.6. The molecule has 3 N–H and O–H groups in total. The van der Waals surface area contributed by atoms with Crippen molar-refractivity contribution in [3.63, 3.8) is 0 Å². The number of aliphatic hydroxyl groups excluding tert-OH is 1. The molecule has 0 aliphatic carbocycles. The van der Waals surface area contributed by atoms with Crippen LogP contribution in [-0.4, -0.2) is 37.2 Å². The summed E-state index contributed by atoms with van der Waals surface area (Å²) in [5.74, 6) is -2.34. The maximum Gasteiger partial charge on any atom is 0.337 e. The molecule has 100 valence electrons. The first-order valence-corrected chi connectivity index (χ1v) is 6.42. The summed E-state index contributed by atoms with van der Waals surface area (Å²) in [7, 11) is -4.20. The van der Waals surface area contributed by atoms with Crippen molar-refractivity contribution in [1.82, 2.24) is 4.72 Å². The van der Waals surface area contributed by atoms with Crippen molar-refractivity contribution in [3.8, 4) is 0 Å². The number of hydrogen-bond donors (Lipinski definition) is 3. The van der Waals surface area contributed by atoms with Gasteiger partial charge in [0.15, 0.2) is 0 Å². The van der Waals surface area contributed by atoms with E-state index in [4.69, 9.17) is 10.2 Å². The molecule has 0 aliphatic rings. The lowest BCUT2D eigenvalue weighted by Gasteiger charge is -2.13. The molecular weight excluding hydrogens is 265 g/mol. The van der Waals surface area contributed by atoms with Crippen LogP contribution in [0.25, 0.3) is 0 Å². The third kappa shape index (κ3) is 3.25. The maximum absolute atomic E-state index is 13.0. The number of aliphatic hydroxyl groups is 1. The lowest BCUT2D eigenvalue weighted by atomic mass is 10.2. The molecule has 0 spiro atoms. The molecular formula is C10H12FNO5S. The second-order valence-electron chi connectivity index (χ2n) is 3.65. The molecule has 0 saturated carbocycles. The molecule has 0 aromatic heterocycles. The van der Waals surface area contributed by atoms with Crippen molar-refractivity contribution in [3.05, 3.63) is 29.6 Å². The average molecular weight is 277 g/mol. The zero-order valence-corrected chi connectivity index (χ0v) is 10.2. The maximum atomic E-state index is 13.0. The Morgan fingerprint density at radius 1 is 1.50 bits per heavy atom. The Bertz CT molecular complexity index is 557. The van der Waals surface area contributed by atoms with E-state index in [9.17, 15) is 17.6 Å². The van der Waals surface area contributed by atoms with Crippen molar-refractivity contribution in [1.29, 1.82) is 0 Å². The highest BCUT2D eigenvalue weighted by molar-refractivity contribution is 7.89. The summed E-state index contributed by atoms with van der Waals surface area (Å²) in [6, 6.07) is 1.55. The highest BCUT2D eigenvalue weighted by atomic mass is 32.2. The minimum atomic E-state index is -4.20. The Morgan fingerprint density at radius 2 is 2.11 bits per heavy atom. The number of benzene rings is 1. The van der Waals surface area contributed by atoms with Crippen molar-refractivity contribution < 1.29 is 27.8 Å². The molecule has 0 radical (unpaired) electrons. The molecule has 0 fully saturated rings. The van der Waals surface area contributed by atoms with Gasteiger partial charge in [-0.1, -0.05) is 0 Å². The molecule has 0 heterocycles. The quantitative estimate of drug-likeness (QED) is 0.712. The van der Waals surface area contributed by atoms with Crippen LogP contribution >= 0.6 is 0 Å². The smallest absolute Gasteiger partial charge is 0.337 e. The van der Waals surface area contributed by atoms with Gasteiger partial charge in [0.1, 0.15) is 5.82 Å². The van der Waals surface area contributed by atoms with Crippen molar-refractivity contribution in [2.45, 2.75) is 17.9 Å². The van der Waals surface area contributed by atoms with E-state index in [1.54, 1.807) is 0 Å².